The predicted octanol–water partition coefficient (Wildman–Crippen LogP) is 7.58. The molecule has 1 N–H and O–H groups in total. The van der Waals surface area contributed by atoms with E-state index in [1.54, 1.807) is 60.7 Å². The van der Waals surface area contributed by atoms with Gasteiger partial charge in [-0.3, -0.25) is 9.36 Å². The van der Waals surface area contributed by atoms with Crippen molar-refractivity contribution in [1.82, 2.24) is 14.5 Å². The van der Waals surface area contributed by atoms with Crippen molar-refractivity contribution in [3.8, 4) is 11.4 Å². The fourth-order valence-corrected chi connectivity index (χ4v) is 4.86. The van der Waals surface area contributed by atoms with E-state index in [0.29, 0.717) is 47.0 Å². The average Bonchev–Trinajstić information content (AvgIpc) is 3.51. The van der Waals surface area contributed by atoms with Gasteiger partial charge in [0.05, 0.1) is 47.6 Å². The lowest BCUT2D eigenvalue weighted by Gasteiger charge is -2.32. The van der Waals surface area contributed by atoms with Crippen LogP contribution in [0.15, 0.2) is 100 Å². The highest BCUT2D eigenvalue weighted by molar-refractivity contribution is 5.89. The maximum absolute atomic E-state index is 14.0. The lowest BCUT2D eigenvalue weighted by Crippen LogP contribution is -2.40. The standard InChI is InChI=1S/C32H29F3N4O4/c1-3-28(38(20-25-8-7-19-43-25)31(41)36-22-13-11-21(12-14-22)32(33,34)35)29-37-27-10-6-5-9-26(27)30(40)39(29)23-15-17-24(18-16-23)42-4-2/h5-19,28H,3-4,20H2,1-2H3,(H,36,41). The molecule has 222 valence electrons. The molecule has 1 unspecified atom stereocenters. The second kappa shape index (κ2) is 12.4. The summed E-state index contributed by atoms with van der Waals surface area (Å²) < 4.78 is 51.9. The van der Waals surface area contributed by atoms with E-state index in [1.807, 2.05) is 13.8 Å². The Bertz CT molecular complexity index is 1750. The third-order valence-electron chi connectivity index (χ3n) is 6.90. The van der Waals surface area contributed by atoms with Gasteiger partial charge < -0.3 is 19.4 Å². The van der Waals surface area contributed by atoms with E-state index in [1.165, 1.54) is 27.9 Å². The van der Waals surface area contributed by atoms with Crippen molar-refractivity contribution in [2.75, 3.05) is 11.9 Å². The summed E-state index contributed by atoms with van der Waals surface area (Å²) in [6, 6.07) is 20.2. The van der Waals surface area contributed by atoms with Crippen molar-refractivity contribution in [3.05, 3.63) is 119 Å². The number of anilines is 1. The van der Waals surface area contributed by atoms with E-state index in [4.69, 9.17) is 14.1 Å². The van der Waals surface area contributed by atoms with Crippen molar-refractivity contribution in [1.29, 1.82) is 0 Å². The Morgan fingerprint density at radius 3 is 2.35 bits per heavy atom. The molecule has 0 fully saturated rings. The summed E-state index contributed by atoms with van der Waals surface area (Å²) >= 11 is 0. The van der Waals surface area contributed by atoms with Gasteiger partial charge in [0, 0.05) is 5.69 Å². The second-order valence-electron chi connectivity index (χ2n) is 9.69. The fraction of sp³-hybridized carbons (Fsp3) is 0.219. The molecule has 0 radical (unpaired) electrons. The van der Waals surface area contributed by atoms with Crippen LogP contribution in [0.3, 0.4) is 0 Å². The molecule has 2 heterocycles. The Kier molecular flexibility index (Phi) is 8.51. The SMILES string of the molecule is CCOc1ccc(-n2c(C(CC)N(Cc3ccco3)C(=O)Nc3ccc(C(F)(F)F)cc3)nc3ccccc3c2=O)cc1. The van der Waals surface area contributed by atoms with Gasteiger partial charge in [-0.25, -0.2) is 9.78 Å². The van der Waals surface area contributed by atoms with Crippen LogP contribution in [0.5, 0.6) is 5.75 Å². The molecular formula is C32H29F3N4O4. The van der Waals surface area contributed by atoms with Crippen molar-refractivity contribution < 1.29 is 27.1 Å². The van der Waals surface area contributed by atoms with Gasteiger partial charge in [0.1, 0.15) is 17.3 Å². The third kappa shape index (κ3) is 6.40. The predicted molar refractivity (Wildman–Crippen MR) is 156 cm³/mol. The van der Waals surface area contributed by atoms with Gasteiger partial charge in [-0.05, 0) is 86.1 Å². The highest BCUT2D eigenvalue weighted by Crippen LogP contribution is 2.31. The third-order valence-corrected chi connectivity index (χ3v) is 6.90. The van der Waals surface area contributed by atoms with Crippen LogP contribution >= 0.6 is 0 Å². The fourth-order valence-electron chi connectivity index (χ4n) is 4.86. The molecule has 2 aromatic heterocycles. The van der Waals surface area contributed by atoms with Crippen LogP contribution in [0.4, 0.5) is 23.7 Å². The molecule has 0 saturated heterocycles. The normalized spacial score (nSPS) is 12.2. The number of nitrogens with one attached hydrogen (secondary N) is 1. The quantitative estimate of drug-likeness (QED) is 0.191. The van der Waals surface area contributed by atoms with Crippen LogP contribution in [0.25, 0.3) is 16.6 Å². The zero-order valence-electron chi connectivity index (χ0n) is 23.5. The van der Waals surface area contributed by atoms with E-state index in [-0.39, 0.29) is 17.8 Å². The van der Waals surface area contributed by atoms with Crippen LogP contribution in [-0.2, 0) is 12.7 Å². The number of para-hydroxylation sites is 1. The number of ether oxygens (including phenoxy) is 1. The number of halogens is 3. The first-order valence-corrected chi connectivity index (χ1v) is 13.7. The number of hydrogen-bond donors (Lipinski definition) is 1. The molecule has 8 nitrogen and oxygen atoms in total. The molecule has 43 heavy (non-hydrogen) atoms. The van der Waals surface area contributed by atoms with E-state index in [2.05, 4.69) is 5.32 Å². The Balaban J connectivity index is 1.61. The lowest BCUT2D eigenvalue weighted by atomic mass is 10.1. The summed E-state index contributed by atoms with van der Waals surface area (Å²) in [6.45, 7) is 4.22. The Morgan fingerprint density at radius 2 is 1.72 bits per heavy atom. The van der Waals surface area contributed by atoms with E-state index in [9.17, 15) is 22.8 Å². The number of furan rings is 1. The van der Waals surface area contributed by atoms with Crippen LogP contribution in [-0.4, -0.2) is 27.1 Å². The summed E-state index contributed by atoms with van der Waals surface area (Å²) in [6.07, 6.45) is -2.68. The minimum absolute atomic E-state index is 0.00392. The van der Waals surface area contributed by atoms with Gasteiger partial charge >= 0.3 is 12.2 Å². The number of fused-ring (bicyclic) bond motifs is 1. The van der Waals surface area contributed by atoms with Gasteiger partial charge in [0.2, 0.25) is 0 Å². The Labute approximate surface area is 245 Å². The summed E-state index contributed by atoms with van der Waals surface area (Å²) in [5.74, 6) is 1.42. The van der Waals surface area contributed by atoms with Crippen molar-refractivity contribution >= 4 is 22.6 Å². The molecule has 1 atom stereocenters. The smallest absolute Gasteiger partial charge is 0.416 e. The van der Waals surface area contributed by atoms with Crippen LogP contribution in [0.1, 0.15) is 43.5 Å². The number of alkyl halides is 3. The zero-order chi connectivity index (χ0) is 30.6. The number of amides is 2. The van der Waals surface area contributed by atoms with Gasteiger partial charge in [0.15, 0.2) is 0 Å². The molecule has 5 aromatic rings. The highest BCUT2D eigenvalue weighted by Gasteiger charge is 2.32. The topological polar surface area (TPSA) is 89.6 Å². The number of urea groups is 1. The first kappa shape index (κ1) is 29.4. The molecule has 2 amide bonds. The number of benzene rings is 3. The molecule has 5 rings (SSSR count). The monoisotopic (exact) mass is 590 g/mol. The van der Waals surface area contributed by atoms with Crippen molar-refractivity contribution in [3.63, 3.8) is 0 Å². The Hall–Kier alpha value is -5.06. The van der Waals surface area contributed by atoms with Gasteiger partial charge in [-0.2, -0.15) is 13.2 Å². The van der Waals surface area contributed by atoms with E-state index in [0.717, 1.165) is 12.1 Å². The van der Waals surface area contributed by atoms with Crippen LogP contribution in [0.2, 0.25) is 0 Å². The number of rotatable bonds is 9. The Morgan fingerprint density at radius 1 is 1.00 bits per heavy atom. The van der Waals surface area contributed by atoms with Crippen LogP contribution in [0, 0.1) is 0 Å². The molecule has 0 aliphatic rings. The summed E-state index contributed by atoms with van der Waals surface area (Å²) in [5, 5.41) is 3.10. The lowest BCUT2D eigenvalue weighted by molar-refractivity contribution is -0.137. The second-order valence-corrected chi connectivity index (χ2v) is 9.69. The number of aromatic nitrogens is 2. The summed E-state index contributed by atoms with van der Waals surface area (Å²) in [7, 11) is 0. The molecule has 0 aliphatic heterocycles. The minimum atomic E-state index is -4.51. The number of hydrogen-bond acceptors (Lipinski definition) is 5. The highest BCUT2D eigenvalue weighted by atomic mass is 19.4. The molecule has 0 bridgehead atoms. The maximum Gasteiger partial charge on any atom is 0.416 e. The van der Waals surface area contributed by atoms with Crippen LogP contribution < -0.4 is 15.6 Å². The molecule has 0 saturated carbocycles. The summed E-state index contributed by atoms with van der Waals surface area (Å²) in [4.78, 5) is 34.1. The summed E-state index contributed by atoms with van der Waals surface area (Å²) in [5.41, 5.74) is 0.0200. The molecular weight excluding hydrogens is 561 g/mol. The number of nitrogens with zero attached hydrogens (tertiary/aromatic N) is 3. The molecule has 3 aromatic carbocycles. The minimum Gasteiger partial charge on any atom is -0.494 e. The number of carbonyl (C=O) groups is 1. The van der Waals surface area contributed by atoms with Gasteiger partial charge in [-0.15, -0.1) is 0 Å². The molecule has 0 spiro atoms. The first-order valence-electron chi connectivity index (χ1n) is 13.7. The average molecular weight is 591 g/mol. The van der Waals surface area contributed by atoms with Crippen molar-refractivity contribution in [2.45, 2.75) is 39.0 Å². The number of carbonyl (C=O) groups excluding carboxylic acids is 1. The van der Waals surface area contributed by atoms with E-state index < -0.39 is 23.8 Å². The largest absolute Gasteiger partial charge is 0.494 e. The molecule has 11 heteroatoms. The first-order chi connectivity index (χ1) is 20.7. The maximum atomic E-state index is 14.0. The zero-order valence-corrected chi connectivity index (χ0v) is 23.5. The van der Waals surface area contributed by atoms with Gasteiger partial charge in [-0.1, -0.05) is 19.1 Å². The van der Waals surface area contributed by atoms with E-state index >= 15 is 0 Å². The van der Waals surface area contributed by atoms with Crippen molar-refractivity contribution in [2.24, 2.45) is 0 Å². The van der Waals surface area contributed by atoms with Gasteiger partial charge in [0.25, 0.3) is 5.56 Å². The molecule has 0 aliphatic carbocycles.